The van der Waals surface area contributed by atoms with Crippen molar-refractivity contribution in [3.8, 4) is 0 Å². The minimum atomic E-state index is -3.47. The van der Waals surface area contributed by atoms with Crippen LogP contribution in [0, 0.1) is 5.92 Å². The quantitative estimate of drug-likeness (QED) is 0.510. The Morgan fingerprint density at radius 1 is 1.46 bits per heavy atom. The first-order valence-electron chi connectivity index (χ1n) is 4.32. The lowest BCUT2D eigenvalue weighted by molar-refractivity contribution is 0.334. The molecule has 0 N–H and O–H groups in total. The summed E-state index contributed by atoms with van der Waals surface area (Å²) >= 11 is 0. The second-order valence-corrected chi connectivity index (χ2v) is 4.97. The van der Waals surface area contributed by atoms with Crippen LogP contribution in [-0.4, -0.2) is 19.9 Å². The summed E-state index contributed by atoms with van der Waals surface area (Å²) in [6, 6.07) is 0. The van der Waals surface area contributed by atoms with Crippen LogP contribution in [0.4, 0.5) is 0 Å². The van der Waals surface area contributed by atoms with Crippen molar-refractivity contribution in [2.45, 2.75) is 34.1 Å². The summed E-state index contributed by atoms with van der Waals surface area (Å²) in [5.74, 6) is 0.0650. The van der Waals surface area contributed by atoms with Gasteiger partial charge in [-0.2, -0.15) is 8.42 Å². The number of rotatable bonds is 5. The molecule has 5 heteroatoms. The van der Waals surface area contributed by atoms with Crippen LogP contribution in [-0.2, 0) is 14.4 Å². The summed E-state index contributed by atoms with van der Waals surface area (Å²) in [4.78, 5) is 0. The molecule has 0 spiro atoms. The number of hydrogen-bond acceptors (Lipinski definition) is 4. The summed E-state index contributed by atoms with van der Waals surface area (Å²) in [5.41, 5.74) is 0.673. The van der Waals surface area contributed by atoms with Gasteiger partial charge in [0.25, 0.3) is 0 Å². The highest BCUT2D eigenvalue weighted by Crippen LogP contribution is 2.03. The Morgan fingerprint density at radius 2 is 2.00 bits per heavy atom. The van der Waals surface area contributed by atoms with E-state index in [0.717, 1.165) is 0 Å². The average molecular weight is 207 g/mol. The van der Waals surface area contributed by atoms with Gasteiger partial charge in [-0.25, -0.2) is 0 Å². The number of hydrogen-bond donors (Lipinski definition) is 0. The van der Waals surface area contributed by atoms with Crippen molar-refractivity contribution < 1.29 is 12.7 Å². The second kappa shape index (κ2) is 5.21. The van der Waals surface area contributed by atoms with Crippen LogP contribution in [0.5, 0.6) is 0 Å². The van der Waals surface area contributed by atoms with Crippen molar-refractivity contribution in [2.75, 3.05) is 5.75 Å². The molecule has 0 aromatic carbocycles. The van der Waals surface area contributed by atoms with Gasteiger partial charge in [-0.05, 0) is 19.3 Å². The van der Waals surface area contributed by atoms with Crippen LogP contribution in [0.15, 0.2) is 5.16 Å². The molecule has 0 rings (SSSR count). The summed E-state index contributed by atoms with van der Waals surface area (Å²) in [7, 11) is -3.47. The van der Waals surface area contributed by atoms with Gasteiger partial charge in [0.05, 0.1) is 11.5 Å². The zero-order chi connectivity index (χ0) is 10.5. The van der Waals surface area contributed by atoms with Gasteiger partial charge < -0.3 is 0 Å². The minimum absolute atomic E-state index is 0.00743. The van der Waals surface area contributed by atoms with Crippen molar-refractivity contribution in [3.05, 3.63) is 0 Å². The first-order chi connectivity index (χ1) is 5.87. The Labute approximate surface area is 80.1 Å². The molecular weight excluding hydrogens is 190 g/mol. The van der Waals surface area contributed by atoms with E-state index in [1.807, 2.05) is 20.8 Å². The number of nitrogens with zero attached hydrogens (tertiary/aromatic N) is 1. The lowest BCUT2D eigenvalue weighted by Gasteiger charge is -2.04. The second-order valence-electron chi connectivity index (χ2n) is 3.37. The van der Waals surface area contributed by atoms with Gasteiger partial charge in [0.1, 0.15) is 0 Å². The fourth-order valence-corrected chi connectivity index (χ4v) is 1.74. The van der Waals surface area contributed by atoms with E-state index in [-0.39, 0.29) is 11.7 Å². The van der Waals surface area contributed by atoms with Crippen LogP contribution in [0.1, 0.15) is 34.1 Å². The van der Waals surface area contributed by atoms with Crippen LogP contribution >= 0.6 is 0 Å². The molecule has 0 aromatic heterocycles. The van der Waals surface area contributed by atoms with E-state index in [0.29, 0.717) is 12.1 Å². The average Bonchev–Trinajstić information content (AvgIpc) is 1.98. The van der Waals surface area contributed by atoms with Gasteiger partial charge in [0.2, 0.25) is 0 Å². The minimum Gasteiger partial charge on any atom is -0.269 e. The number of oxime groups is 1. The van der Waals surface area contributed by atoms with Crippen molar-refractivity contribution >= 4 is 15.8 Å². The van der Waals surface area contributed by atoms with Gasteiger partial charge >= 0.3 is 10.1 Å². The third-order valence-corrected chi connectivity index (χ3v) is 2.73. The lowest BCUT2D eigenvalue weighted by atomic mass is 10.3. The van der Waals surface area contributed by atoms with E-state index >= 15 is 0 Å². The maximum absolute atomic E-state index is 11.1. The van der Waals surface area contributed by atoms with E-state index in [2.05, 4.69) is 9.44 Å². The summed E-state index contributed by atoms with van der Waals surface area (Å²) in [6.07, 6.45) is 0.692. The van der Waals surface area contributed by atoms with E-state index in [1.54, 1.807) is 6.92 Å². The summed E-state index contributed by atoms with van der Waals surface area (Å²) in [5, 5.41) is 3.50. The highest BCUT2D eigenvalue weighted by atomic mass is 32.2. The van der Waals surface area contributed by atoms with Gasteiger partial charge in [0.15, 0.2) is 0 Å². The van der Waals surface area contributed by atoms with Crippen molar-refractivity contribution in [1.82, 2.24) is 0 Å². The third-order valence-electron chi connectivity index (χ3n) is 1.36. The van der Waals surface area contributed by atoms with Crippen LogP contribution in [0.2, 0.25) is 0 Å². The van der Waals surface area contributed by atoms with Crippen LogP contribution in [0.25, 0.3) is 0 Å². The smallest absolute Gasteiger partial charge is 0.269 e. The predicted molar refractivity (Wildman–Crippen MR) is 53.1 cm³/mol. The molecule has 0 bridgehead atoms. The maximum Gasteiger partial charge on any atom is 0.328 e. The molecule has 0 fully saturated rings. The van der Waals surface area contributed by atoms with E-state index < -0.39 is 10.1 Å². The predicted octanol–water partition coefficient (Wildman–Crippen LogP) is 1.77. The molecule has 0 aromatic rings. The molecule has 0 aliphatic rings. The molecule has 13 heavy (non-hydrogen) atoms. The molecule has 0 atom stereocenters. The molecule has 0 unspecified atom stereocenters. The fraction of sp³-hybridized carbons (Fsp3) is 0.875. The molecule has 0 heterocycles. The van der Waals surface area contributed by atoms with Crippen molar-refractivity contribution in [3.63, 3.8) is 0 Å². The molecule has 0 saturated carbocycles. The molecular formula is C8H17NO3S. The Bertz CT molecular complexity index is 267. The van der Waals surface area contributed by atoms with Crippen LogP contribution < -0.4 is 0 Å². The highest BCUT2D eigenvalue weighted by Gasteiger charge is 2.13. The zero-order valence-electron chi connectivity index (χ0n) is 8.57. The highest BCUT2D eigenvalue weighted by molar-refractivity contribution is 7.86. The SMILES string of the molecule is CCC(C)=NOS(=O)(=O)CC(C)C. The molecule has 0 aliphatic carbocycles. The molecule has 0 aliphatic heterocycles. The largest absolute Gasteiger partial charge is 0.328 e. The molecule has 0 radical (unpaired) electrons. The maximum atomic E-state index is 11.1. The molecule has 0 saturated heterocycles. The van der Waals surface area contributed by atoms with Gasteiger partial charge in [-0.15, -0.1) is 0 Å². The first kappa shape index (κ1) is 12.4. The van der Waals surface area contributed by atoms with Gasteiger partial charge in [-0.3, -0.25) is 4.28 Å². The lowest BCUT2D eigenvalue weighted by Crippen LogP contribution is -2.13. The summed E-state index contributed by atoms with van der Waals surface area (Å²) in [6.45, 7) is 7.25. The Kier molecular flexibility index (Phi) is 4.98. The van der Waals surface area contributed by atoms with Crippen LogP contribution in [0.3, 0.4) is 0 Å². The summed E-state index contributed by atoms with van der Waals surface area (Å²) < 4.78 is 26.7. The van der Waals surface area contributed by atoms with Gasteiger partial charge in [-0.1, -0.05) is 25.9 Å². The Morgan fingerprint density at radius 3 is 2.38 bits per heavy atom. The van der Waals surface area contributed by atoms with Crippen molar-refractivity contribution in [2.24, 2.45) is 11.1 Å². The zero-order valence-corrected chi connectivity index (χ0v) is 9.39. The molecule has 78 valence electrons. The fourth-order valence-electron chi connectivity index (χ4n) is 0.624. The van der Waals surface area contributed by atoms with E-state index in [1.165, 1.54) is 0 Å². The van der Waals surface area contributed by atoms with E-state index in [4.69, 9.17) is 0 Å². The molecule has 0 amide bonds. The Balaban J connectivity index is 4.20. The van der Waals surface area contributed by atoms with Crippen molar-refractivity contribution in [1.29, 1.82) is 0 Å². The normalized spacial score (nSPS) is 13.5. The Hall–Kier alpha value is -0.580. The van der Waals surface area contributed by atoms with Gasteiger partial charge in [0, 0.05) is 0 Å². The molecule has 4 nitrogen and oxygen atoms in total. The third kappa shape index (κ3) is 6.57. The monoisotopic (exact) mass is 207 g/mol. The standard InChI is InChI=1S/C8H17NO3S/c1-5-8(4)9-12-13(10,11)6-7(2)3/h7H,5-6H2,1-4H3. The first-order valence-corrected chi connectivity index (χ1v) is 5.90. The van der Waals surface area contributed by atoms with E-state index in [9.17, 15) is 8.42 Å². The topological polar surface area (TPSA) is 55.7 Å².